The molecule has 0 saturated heterocycles. The number of alkyl halides is 6. The number of halogens is 6. The Morgan fingerprint density at radius 3 is 0.866 bits per heavy atom. The van der Waals surface area contributed by atoms with E-state index in [0.29, 0.717) is 45.9 Å². The van der Waals surface area contributed by atoms with Gasteiger partial charge in [-0.05, 0) is 21.5 Å². The second-order valence-corrected chi connectivity index (χ2v) is 16.9. The molecule has 340 valence electrons. The Hall–Kier alpha value is -6.88. The molecule has 7 aromatic rings. The first-order chi connectivity index (χ1) is 30.9. The first-order valence-corrected chi connectivity index (χ1v) is 20.0. The van der Waals surface area contributed by atoms with Gasteiger partial charge in [-0.2, -0.15) is 26.3 Å². The van der Waals surface area contributed by atoms with Crippen molar-refractivity contribution in [2.75, 3.05) is 0 Å². The average molecular weight is 996 g/mol. The van der Waals surface area contributed by atoms with Crippen LogP contribution < -0.4 is 9.97 Å². The van der Waals surface area contributed by atoms with E-state index in [-0.39, 0.29) is 38.4 Å². The van der Waals surface area contributed by atoms with Gasteiger partial charge >= 0.3 is 38.6 Å². The van der Waals surface area contributed by atoms with Crippen LogP contribution in [0.2, 0.25) is 0 Å². The number of fused-ring (bicyclic) bond motifs is 20. The molecule has 0 saturated carbocycles. The van der Waals surface area contributed by atoms with Gasteiger partial charge in [0.05, 0.1) is 23.3 Å². The summed E-state index contributed by atoms with van der Waals surface area (Å²) in [6, 6.07) is 31.8. The topological polar surface area (TPSA) is 180 Å². The third-order valence-corrected chi connectivity index (χ3v) is 9.92. The number of aromatic nitrogens is 8. The monoisotopic (exact) mass is 994 g/mol. The van der Waals surface area contributed by atoms with Crippen molar-refractivity contribution in [3.05, 3.63) is 121 Å². The van der Waals surface area contributed by atoms with Crippen LogP contribution in [0.5, 0.6) is 0 Å². The van der Waals surface area contributed by atoms with Gasteiger partial charge in [0.25, 0.3) is 0 Å². The van der Waals surface area contributed by atoms with Crippen molar-refractivity contribution in [3.8, 4) is 45.6 Å². The van der Waals surface area contributed by atoms with E-state index in [1.54, 1.807) is 0 Å². The summed E-state index contributed by atoms with van der Waals surface area (Å²) in [6.45, 7) is 8.81. The van der Waals surface area contributed by atoms with E-state index in [9.17, 15) is 35.9 Å². The van der Waals surface area contributed by atoms with Crippen molar-refractivity contribution in [2.24, 2.45) is 10.8 Å². The molecule has 67 heavy (non-hydrogen) atoms. The number of allylic oxidation sites excluding steroid dienone is 4. The van der Waals surface area contributed by atoms with Crippen molar-refractivity contribution in [3.63, 3.8) is 0 Å². The minimum absolute atomic E-state index is 0. The van der Waals surface area contributed by atoms with Gasteiger partial charge in [-0.3, -0.25) is 9.59 Å². The van der Waals surface area contributed by atoms with E-state index in [1.165, 1.54) is 41.5 Å². The quantitative estimate of drug-likeness (QED) is 0.0952. The minimum Gasteiger partial charge on any atom is -0.504 e. The van der Waals surface area contributed by atoms with E-state index < -0.39 is 46.3 Å². The molecule has 0 atom stereocenters. The Morgan fingerprint density at radius 1 is 0.433 bits per heavy atom. The standard InChI is InChI=1S/C32H16N8.2C8H11F3O2.Zr/c1-2-10-18-17(9-1)25-33-26(18)38-28-21-13-5-6-14-22(21)30(35-28)40-32-24-16-8-7-15-23(24)31(36-32)39-29-20-12-4-3-11-19(20)27(34-29)37-25;2*1-7(2,3)5(12)4-6(13)8(9,10)11;/h1-16H;2*4,13H,1-3H3;/q-2;;;+2. The molecule has 0 aliphatic carbocycles. The number of benzene rings is 4. The zero-order valence-corrected chi connectivity index (χ0v) is 38.9. The van der Waals surface area contributed by atoms with Crippen LogP contribution in [0, 0.1) is 10.8 Å². The molecule has 0 radical (unpaired) electrons. The Labute approximate surface area is 397 Å². The van der Waals surface area contributed by atoms with E-state index in [4.69, 9.17) is 50.1 Å². The Balaban J connectivity index is 0.000000229. The van der Waals surface area contributed by atoms with Gasteiger partial charge in [-0.1, -0.05) is 139 Å². The maximum Gasteiger partial charge on any atom is 2.00 e. The van der Waals surface area contributed by atoms with Crippen molar-refractivity contribution in [1.82, 2.24) is 39.9 Å². The summed E-state index contributed by atoms with van der Waals surface area (Å²) in [4.78, 5) is 61.2. The van der Waals surface area contributed by atoms with Gasteiger partial charge < -0.3 is 40.1 Å². The van der Waals surface area contributed by atoms with E-state index >= 15 is 0 Å². The molecule has 0 unspecified atom stereocenters. The van der Waals surface area contributed by atoms with Crippen LogP contribution in [0.25, 0.3) is 89.7 Å². The summed E-state index contributed by atoms with van der Waals surface area (Å²) in [5, 5.41) is 20.4. The molecule has 8 bridgehead atoms. The first-order valence-electron chi connectivity index (χ1n) is 20.0. The van der Waals surface area contributed by atoms with Gasteiger partial charge in [0.1, 0.15) is 0 Å². The minimum atomic E-state index is -4.85. The van der Waals surface area contributed by atoms with Crippen LogP contribution in [0.4, 0.5) is 26.3 Å². The van der Waals surface area contributed by atoms with Crippen LogP contribution in [0.3, 0.4) is 0 Å². The van der Waals surface area contributed by atoms with E-state index in [1.807, 2.05) is 97.1 Å². The van der Waals surface area contributed by atoms with Gasteiger partial charge in [0.2, 0.25) is 11.5 Å². The molecule has 3 aromatic heterocycles. The largest absolute Gasteiger partial charge is 2.00 e. The van der Waals surface area contributed by atoms with Crippen LogP contribution in [0.1, 0.15) is 41.5 Å². The maximum atomic E-state index is 11.7. The van der Waals surface area contributed by atoms with Crippen molar-refractivity contribution in [1.29, 1.82) is 0 Å². The van der Waals surface area contributed by atoms with Crippen molar-refractivity contribution < 1.29 is 72.3 Å². The van der Waals surface area contributed by atoms with E-state index in [2.05, 4.69) is 0 Å². The van der Waals surface area contributed by atoms with Crippen LogP contribution in [0.15, 0.2) is 121 Å². The number of hydrogen-bond acceptors (Lipinski definition) is 10. The summed E-state index contributed by atoms with van der Waals surface area (Å²) in [5.74, 6) is -3.02. The molecule has 9 rings (SSSR count). The Kier molecular flexibility index (Phi) is 13.9. The third-order valence-electron chi connectivity index (χ3n) is 9.92. The Morgan fingerprint density at radius 2 is 0.657 bits per heavy atom. The molecule has 19 heteroatoms. The second kappa shape index (κ2) is 18.8. The predicted molar refractivity (Wildman–Crippen MR) is 236 cm³/mol. The molecule has 5 heterocycles. The first kappa shape index (κ1) is 49.6. The number of nitrogens with zero attached hydrogens (tertiary/aromatic N) is 8. The summed E-state index contributed by atoms with van der Waals surface area (Å²) in [5.41, 5.74) is 3.95. The second-order valence-electron chi connectivity index (χ2n) is 16.9. The number of rotatable bonds is 2. The van der Waals surface area contributed by atoms with Gasteiger partial charge in [0, 0.05) is 67.8 Å². The zero-order chi connectivity index (χ0) is 47.9. The number of carbonyl (C=O) groups excluding carboxylic acids is 2. The van der Waals surface area contributed by atoms with E-state index in [0.717, 1.165) is 43.8 Å². The Bertz CT molecular complexity index is 2920. The molecule has 4 aromatic carbocycles. The smallest absolute Gasteiger partial charge is 0.504 e. The molecular weight excluding hydrogens is 958 g/mol. The number of aliphatic hydroxyl groups excluding tert-OH is 2. The maximum absolute atomic E-state index is 11.7. The number of ketones is 2. The zero-order valence-electron chi connectivity index (χ0n) is 36.4. The number of hydrogen-bond donors (Lipinski definition) is 2. The predicted octanol–water partition coefficient (Wildman–Crippen LogP) is 11.3. The van der Waals surface area contributed by atoms with Crippen LogP contribution in [-0.4, -0.2) is 64.0 Å². The molecule has 0 amide bonds. The summed E-state index contributed by atoms with van der Waals surface area (Å²) in [6.07, 6.45) is -9.28. The molecular formula is C48H38F6N8O4Zr. The van der Waals surface area contributed by atoms with Crippen molar-refractivity contribution in [2.45, 2.75) is 53.9 Å². The van der Waals surface area contributed by atoms with Gasteiger partial charge in [0.15, 0.2) is 11.6 Å². The summed E-state index contributed by atoms with van der Waals surface area (Å²) in [7, 11) is 0. The molecule has 0 fully saturated rings. The average Bonchev–Trinajstić information content (AvgIpc) is 3.99. The molecule has 2 N–H and O–H groups in total. The third kappa shape index (κ3) is 10.9. The number of aliphatic hydroxyl groups is 2. The fourth-order valence-corrected chi connectivity index (χ4v) is 6.30. The number of carbonyl (C=O) groups is 2. The molecule has 12 nitrogen and oxygen atoms in total. The SMILES string of the molecule is CC(C)(C)C(=O)C=C(O)C(F)(F)F.CC(C)(C)C(=O)C=C(O)C(F)(F)F.[Zr+2].c1ccc2c(c1)-c1nc-2nc2[n-]c(nc3nc(nc4[n-]c(n1)c1ccccc41)-c1ccccc1-3)c1ccccc21. The summed E-state index contributed by atoms with van der Waals surface area (Å²) >= 11 is 0. The molecule has 2 aliphatic rings. The normalized spacial score (nSPS) is 12.8. The van der Waals surface area contributed by atoms with Crippen LogP contribution >= 0.6 is 0 Å². The van der Waals surface area contributed by atoms with Gasteiger partial charge in [-0.25, -0.2) is 9.97 Å². The van der Waals surface area contributed by atoms with Gasteiger partial charge in [-0.15, -0.1) is 0 Å². The molecule has 2 aliphatic heterocycles. The van der Waals surface area contributed by atoms with Crippen LogP contribution in [-0.2, 0) is 35.8 Å². The molecule has 0 spiro atoms. The fraction of sp³-hybridized carbons (Fsp3) is 0.208. The van der Waals surface area contributed by atoms with Crippen molar-refractivity contribution >= 4 is 55.7 Å². The summed E-state index contributed by atoms with van der Waals surface area (Å²) < 4.78 is 70.4. The fourth-order valence-electron chi connectivity index (χ4n) is 6.30.